The van der Waals surface area contributed by atoms with E-state index in [1.54, 1.807) is 12.1 Å². The smallest absolute Gasteiger partial charge is 0.344 e. The molecular formula is C33H35N3O4. The Labute approximate surface area is 235 Å². The van der Waals surface area contributed by atoms with E-state index in [-0.39, 0.29) is 23.3 Å². The first kappa shape index (κ1) is 28.4. The van der Waals surface area contributed by atoms with Crippen LogP contribution in [0.2, 0.25) is 0 Å². The second-order valence-electron chi connectivity index (χ2n) is 10.6. The molecule has 0 fully saturated rings. The van der Waals surface area contributed by atoms with E-state index in [1.165, 1.54) is 12.5 Å². The lowest BCUT2D eigenvalue weighted by Crippen LogP contribution is -2.26. The number of benzene rings is 3. The van der Waals surface area contributed by atoms with Crippen LogP contribution >= 0.6 is 0 Å². The number of rotatable bonds is 9. The molecule has 2 N–H and O–H groups in total. The van der Waals surface area contributed by atoms with Gasteiger partial charge in [-0.3, -0.25) is 4.79 Å². The number of aryl methyl sites for hydroxylation is 1. The highest BCUT2D eigenvalue weighted by atomic mass is 16.5. The molecular weight excluding hydrogens is 502 g/mol. The molecule has 3 aromatic carbocycles. The van der Waals surface area contributed by atoms with Crippen molar-refractivity contribution in [1.29, 1.82) is 5.26 Å². The van der Waals surface area contributed by atoms with Crippen LogP contribution in [-0.2, 0) is 11.3 Å². The van der Waals surface area contributed by atoms with Crippen LogP contribution in [0.1, 0.15) is 83.5 Å². The molecule has 0 saturated heterocycles. The lowest BCUT2D eigenvalue weighted by atomic mass is 9.98. The third kappa shape index (κ3) is 5.86. The molecule has 7 nitrogen and oxygen atoms in total. The van der Waals surface area contributed by atoms with Gasteiger partial charge in [0.2, 0.25) is 0 Å². The van der Waals surface area contributed by atoms with Crippen LogP contribution in [0.25, 0.3) is 10.9 Å². The molecule has 0 aliphatic heterocycles. The normalized spacial score (nSPS) is 12.7. The van der Waals surface area contributed by atoms with Crippen molar-refractivity contribution in [3.63, 3.8) is 0 Å². The summed E-state index contributed by atoms with van der Waals surface area (Å²) in [6.45, 7) is 12.3. The number of carboxylic acid groups (broad SMARTS) is 1. The fourth-order valence-electron chi connectivity index (χ4n) is 4.82. The second kappa shape index (κ2) is 11.7. The number of fused-ring (bicyclic) bond motifs is 1. The van der Waals surface area contributed by atoms with Gasteiger partial charge >= 0.3 is 5.97 Å². The van der Waals surface area contributed by atoms with Gasteiger partial charge in [-0.2, -0.15) is 5.26 Å². The molecule has 1 heterocycles. The van der Waals surface area contributed by atoms with Crippen LogP contribution in [0.4, 0.5) is 0 Å². The molecule has 0 aliphatic carbocycles. The van der Waals surface area contributed by atoms with Crippen molar-refractivity contribution in [2.24, 2.45) is 0 Å². The number of carbonyl (C=O) groups is 2. The zero-order valence-corrected chi connectivity index (χ0v) is 23.8. The number of hydrogen-bond donors (Lipinski definition) is 2. The number of aliphatic carboxylic acids is 1. The van der Waals surface area contributed by atoms with Gasteiger partial charge in [-0.05, 0) is 86.2 Å². The van der Waals surface area contributed by atoms with Gasteiger partial charge in [-0.1, -0.05) is 44.2 Å². The minimum atomic E-state index is -1.10. The molecule has 1 amide bonds. The van der Waals surface area contributed by atoms with Gasteiger partial charge in [0.25, 0.3) is 5.91 Å². The minimum Gasteiger partial charge on any atom is -0.479 e. The van der Waals surface area contributed by atoms with Crippen LogP contribution in [0.3, 0.4) is 0 Å². The zero-order chi connectivity index (χ0) is 29.1. The molecule has 0 saturated carbocycles. The van der Waals surface area contributed by atoms with E-state index < -0.39 is 12.1 Å². The SMILES string of the molecule is Cc1c(C)n(Cc2ccc(C#N)c(OC(C)C(=O)O)c2)c2ccc(C(=O)NC(C)c3cccc(C(C)C)c3)cc12. The maximum atomic E-state index is 13.2. The Hall–Kier alpha value is -4.57. The minimum absolute atomic E-state index is 0.129. The van der Waals surface area contributed by atoms with Gasteiger partial charge in [0, 0.05) is 28.7 Å². The highest BCUT2D eigenvalue weighted by molar-refractivity contribution is 5.99. The number of nitrogens with zero attached hydrogens (tertiary/aromatic N) is 2. The van der Waals surface area contributed by atoms with E-state index in [9.17, 15) is 20.0 Å². The highest BCUT2D eigenvalue weighted by Gasteiger charge is 2.18. The topological polar surface area (TPSA) is 104 Å². The van der Waals surface area contributed by atoms with Gasteiger partial charge < -0.3 is 19.7 Å². The van der Waals surface area contributed by atoms with Crippen LogP contribution < -0.4 is 10.1 Å². The van der Waals surface area contributed by atoms with Crippen molar-refractivity contribution in [2.45, 2.75) is 66.2 Å². The Morgan fingerprint density at radius 2 is 1.73 bits per heavy atom. The number of aromatic nitrogens is 1. The van der Waals surface area contributed by atoms with E-state index in [1.807, 2.05) is 57.2 Å². The summed E-state index contributed by atoms with van der Waals surface area (Å²) in [4.78, 5) is 24.5. The van der Waals surface area contributed by atoms with Gasteiger partial charge in [0.15, 0.2) is 6.10 Å². The number of nitrogens with one attached hydrogen (secondary N) is 1. The van der Waals surface area contributed by atoms with E-state index in [0.717, 1.165) is 33.3 Å². The first-order chi connectivity index (χ1) is 19.0. The Kier molecular flexibility index (Phi) is 8.29. The summed E-state index contributed by atoms with van der Waals surface area (Å²) in [6, 6.07) is 21.2. The van der Waals surface area contributed by atoms with Crippen LogP contribution in [0, 0.1) is 25.2 Å². The van der Waals surface area contributed by atoms with Crippen molar-refractivity contribution in [3.8, 4) is 11.8 Å². The quantitative estimate of drug-likeness (QED) is 0.249. The van der Waals surface area contributed by atoms with Gasteiger partial charge in [0.1, 0.15) is 11.8 Å². The summed E-state index contributed by atoms with van der Waals surface area (Å²) >= 11 is 0. The maximum Gasteiger partial charge on any atom is 0.344 e. The predicted molar refractivity (Wildman–Crippen MR) is 156 cm³/mol. The Morgan fingerprint density at radius 3 is 2.40 bits per heavy atom. The van der Waals surface area contributed by atoms with Crippen LogP contribution in [0.15, 0.2) is 60.7 Å². The molecule has 0 radical (unpaired) electrons. The first-order valence-corrected chi connectivity index (χ1v) is 13.4. The molecule has 4 rings (SSSR count). The van der Waals surface area contributed by atoms with Crippen LogP contribution in [-0.4, -0.2) is 27.7 Å². The number of ether oxygens (including phenoxy) is 1. The molecule has 2 unspecified atom stereocenters. The van der Waals surface area contributed by atoms with Gasteiger partial charge in [-0.25, -0.2) is 4.79 Å². The average Bonchev–Trinajstić information content (AvgIpc) is 3.17. The van der Waals surface area contributed by atoms with E-state index in [2.05, 4.69) is 41.9 Å². The van der Waals surface area contributed by atoms with Gasteiger partial charge in [0.05, 0.1) is 11.6 Å². The second-order valence-corrected chi connectivity index (χ2v) is 10.6. The van der Waals surface area contributed by atoms with E-state index in [0.29, 0.717) is 18.0 Å². The molecule has 40 heavy (non-hydrogen) atoms. The molecule has 4 aromatic rings. The average molecular weight is 538 g/mol. The van der Waals surface area contributed by atoms with Crippen molar-refractivity contribution in [3.05, 3.63) is 99.7 Å². The third-order valence-corrected chi connectivity index (χ3v) is 7.48. The number of carboxylic acids is 1. The predicted octanol–water partition coefficient (Wildman–Crippen LogP) is 6.64. The molecule has 0 bridgehead atoms. The maximum absolute atomic E-state index is 13.2. The van der Waals surface area contributed by atoms with E-state index in [4.69, 9.17) is 4.74 Å². The molecule has 0 spiro atoms. The van der Waals surface area contributed by atoms with Crippen molar-refractivity contribution >= 4 is 22.8 Å². The number of amides is 1. The number of carbonyl (C=O) groups excluding carboxylic acids is 1. The Bertz CT molecular complexity index is 1630. The first-order valence-electron chi connectivity index (χ1n) is 13.4. The highest BCUT2D eigenvalue weighted by Crippen LogP contribution is 2.29. The molecule has 7 heteroatoms. The fraction of sp³-hybridized carbons (Fsp3) is 0.303. The summed E-state index contributed by atoms with van der Waals surface area (Å²) in [5.41, 5.74) is 7.16. The molecule has 206 valence electrons. The third-order valence-electron chi connectivity index (χ3n) is 7.48. The largest absolute Gasteiger partial charge is 0.479 e. The Morgan fingerprint density at radius 1 is 1.00 bits per heavy atom. The monoisotopic (exact) mass is 537 g/mol. The Balaban J connectivity index is 1.60. The summed E-state index contributed by atoms with van der Waals surface area (Å²) in [5.74, 6) is -0.573. The number of hydrogen-bond acceptors (Lipinski definition) is 4. The summed E-state index contributed by atoms with van der Waals surface area (Å²) < 4.78 is 7.70. The summed E-state index contributed by atoms with van der Waals surface area (Å²) in [6.07, 6.45) is -1.08. The van der Waals surface area contributed by atoms with Crippen molar-refractivity contribution in [1.82, 2.24) is 9.88 Å². The van der Waals surface area contributed by atoms with Crippen molar-refractivity contribution < 1.29 is 19.4 Å². The van der Waals surface area contributed by atoms with Gasteiger partial charge in [-0.15, -0.1) is 0 Å². The fourth-order valence-corrected chi connectivity index (χ4v) is 4.82. The molecule has 2 atom stereocenters. The number of nitriles is 1. The van der Waals surface area contributed by atoms with Crippen molar-refractivity contribution in [2.75, 3.05) is 0 Å². The lowest BCUT2D eigenvalue weighted by molar-refractivity contribution is -0.144. The summed E-state index contributed by atoms with van der Waals surface area (Å²) in [7, 11) is 0. The van der Waals surface area contributed by atoms with E-state index >= 15 is 0 Å². The molecule has 0 aliphatic rings. The summed E-state index contributed by atoms with van der Waals surface area (Å²) in [5, 5.41) is 22.8. The molecule has 1 aromatic heterocycles. The zero-order valence-electron chi connectivity index (χ0n) is 23.8. The van der Waals surface area contributed by atoms with Crippen LogP contribution in [0.5, 0.6) is 5.75 Å². The lowest BCUT2D eigenvalue weighted by Gasteiger charge is -2.17. The standard InChI is InChI=1S/C33H35N3O4/c1-19(2)25-8-7-9-26(15-25)21(4)35-32(37)27-12-13-30-29(16-27)20(3)22(5)36(30)18-24-10-11-28(17-34)31(14-24)40-23(6)33(38)39/h7-16,19,21,23H,18H2,1-6H3,(H,35,37)(H,38,39).